The quantitative estimate of drug-likeness (QED) is 0.638. The number of carbonyl (C=O) groups is 2. The molecule has 4 nitrogen and oxygen atoms in total. The highest BCUT2D eigenvalue weighted by Gasteiger charge is 2.26. The molecule has 0 saturated heterocycles. The average molecular weight is 452 g/mol. The lowest BCUT2D eigenvalue weighted by molar-refractivity contribution is -0.140. The van der Waals surface area contributed by atoms with Crippen molar-refractivity contribution >= 4 is 39.3 Å². The molecule has 2 amide bonds. The molecule has 1 N–H and O–H groups in total. The molecule has 0 aliphatic rings. The summed E-state index contributed by atoms with van der Waals surface area (Å²) >= 11 is 9.38. The smallest absolute Gasteiger partial charge is 0.242 e. The Labute approximate surface area is 174 Å². The van der Waals surface area contributed by atoms with Crippen LogP contribution in [0.3, 0.4) is 0 Å². The molecular weight excluding hydrogens is 428 g/mol. The minimum absolute atomic E-state index is 0.101. The summed E-state index contributed by atoms with van der Waals surface area (Å²) in [6, 6.07) is 14.4. The molecule has 2 aromatic rings. The summed E-state index contributed by atoms with van der Waals surface area (Å²) in [6.45, 7) is 4.73. The third kappa shape index (κ3) is 6.67. The summed E-state index contributed by atoms with van der Waals surface area (Å²) < 4.78 is 0.938. The van der Waals surface area contributed by atoms with Crippen LogP contribution in [0.2, 0.25) is 5.02 Å². The van der Waals surface area contributed by atoms with Crippen molar-refractivity contribution in [3.05, 3.63) is 69.2 Å². The summed E-state index contributed by atoms with van der Waals surface area (Å²) in [4.78, 5) is 27.1. The summed E-state index contributed by atoms with van der Waals surface area (Å²) in [5.41, 5.74) is 1.83. The molecule has 144 valence electrons. The predicted octanol–water partition coefficient (Wildman–Crippen LogP) is 4.59. The standard InChI is InChI=1S/C21H24BrClN2O2/c1-3-11-24-21(27)15(2)25(14-17-5-4-6-18(22)12-17)20(26)13-16-7-9-19(23)10-8-16/h4-10,12,15H,3,11,13-14H2,1-2H3,(H,24,27). The number of hydrogen-bond acceptors (Lipinski definition) is 2. The number of hydrogen-bond donors (Lipinski definition) is 1. The molecule has 0 fully saturated rings. The fourth-order valence-corrected chi connectivity index (χ4v) is 3.26. The van der Waals surface area contributed by atoms with E-state index in [4.69, 9.17) is 11.6 Å². The second kappa shape index (κ2) is 10.5. The first kappa shape index (κ1) is 21.5. The molecule has 0 heterocycles. The minimum atomic E-state index is -0.560. The Kier molecular flexibility index (Phi) is 8.32. The second-order valence-corrected chi connectivity index (χ2v) is 7.77. The highest BCUT2D eigenvalue weighted by molar-refractivity contribution is 9.10. The largest absolute Gasteiger partial charge is 0.354 e. The molecule has 0 radical (unpaired) electrons. The molecule has 0 aliphatic heterocycles. The SMILES string of the molecule is CCCNC(=O)C(C)N(Cc1cccc(Br)c1)C(=O)Cc1ccc(Cl)cc1. The number of benzene rings is 2. The van der Waals surface area contributed by atoms with Gasteiger partial charge in [0.15, 0.2) is 0 Å². The zero-order valence-electron chi connectivity index (χ0n) is 15.5. The van der Waals surface area contributed by atoms with Crippen LogP contribution in [0.25, 0.3) is 0 Å². The van der Waals surface area contributed by atoms with Crippen molar-refractivity contribution in [2.24, 2.45) is 0 Å². The van der Waals surface area contributed by atoms with Gasteiger partial charge in [-0.25, -0.2) is 0 Å². The Balaban J connectivity index is 2.20. The van der Waals surface area contributed by atoms with Crippen LogP contribution in [0.5, 0.6) is 0 Å². The van der Waals surface area contributed by atoms with Gasteiger partial charge < -0.3 is 10.2 Å². The Bertz CT molecular complexity index is 780. The van der Waals surface area contributed by atoms with Gasteiger partial charge in [-0.15, -0.1) is 0 Å². The maximum absolute atomic E-state index is 13.0. The lowest BCUT2D eigenvalue weighted by Gasteiger charge is -2.29. The molecule has 0 saturated carbocycles. The first-order valence-corrected chi connectivity index (χ1v) is 10.1. The molecule has 1 unspecified atom stereocenters. The van der Waals surface area contributed by atoms with E-state index < -0.39 is 6.04 Å². The molecule has 2 aromatic carbocycles. The van der Waals surface area contributed by atoms with Gasteiger partial charge in [0.05, 0.1) is 6.42 Å². The number of nitrogens with one attached hydrogen (secondary N) is 1. The summed E-state index contributed by atoms with van der Waals surface area (Å²) in [5.74, 6) is -0.243. The van der Waals surface area contributed by atoms with Gasteiger partial charge in [0, 0.05) is 22.6 Å². The minimum Gasteiger partial charge on any atom is -0.354 e. The number of halogens is 2. The van der Waals surface area contributed by atoms with Crippen LogP contribution < -0.4 is 5.32 Å². The highest BCUT2D eigenvalue weighted by atomic mass is 79.9. The zero-order chi connectivity index (χ0) is 19.8. The van der Waals surface area contributed by atoms with Crippen LogP contribution >= 0.6 is 27.5 Å². The van der Waals surface area contributed by atoms with Crippen LogP contribution in [-0.2, 0) is 22.6 Å². The van der Waals surface area contributed by atoms with E-state index in [9.17, 15) is 9.59 Å². The maximum atomic E-state index is 13.0. The van der Waals surface area contributed by atoms with Gasteiger partial charge in [0.1, 0.15) is 6.04 Å². The molecule has 0 bridgehead atoms. The molecule has 2 rings (SSSR count). The van der Waals surface area contributed by atoms with Crippen LogP contribution in [0.1, 0.15) is 31.4 Å². The Morgan fingerprint density at radius 1 is 1.15 bits per heavy atom. The van der Waals surface area contributed by atoms with Gasteiger partial charge in [-0.2, -0.15) is 0 Å². The monoisotopic (exact) mass is 450 g/mol. The van der Waals surface area contributed by atoms with Crippen LogP contribution in [0.4, 0.5) is 0 Å². The van der Waals surface area contributed by atoms with Gasteiger partial charge in [0.25, 0.3) is 0 Å². The zero-order valence-corrected chi connectivity index (χ0v) is 17.9. The van der Waals surface area contributed by atoms with Gasteiger partial charge in [-0.1, -0.05) is 58.7 Å². The molecule has 1 atom stereocenters. The average Bonchev–Trinajstić information content (AvgIpc) is 2.65. The molecule has 6 heteroatoms. The summed E-state index contributed by atoms with van der Waals surface area (Å²) in [5, 5.41) is 3.51. The number of amides is 2. The molecule has 0 aliphatic carbocycles. The second-order valence-electron chi connectivity index (χ2n) is 6.42. The number of rotatable bonds is 8. The van der Waals surface area contributed by atoms with Crippen molar-refractivity contribution in [2.45, 2.75) is 39.3 Å². The molecule has 0 spiro atoms. The Morgan fingerprint density at radius 2 is 1.85 bits per heavy atom. The van der Waals surface area contributed by atoms with Crippen molar-refractivity contribution in [3.63, 3.8) is 0 Å². The van der Waals surface area contributed by atoms with Crippen molar-refractivity contribution in [2.75, 3.05) is 6.54 Å². The summed E-state index contributed by atoms with van der Waals surface area (Å²) in [7, 11) is 0. The Hall–Kier alpha value is -1.85. The van der Waals surface area contributed by atoms with Crippen molar-refractivity contribution in [3.8, 4) is 0 Å². The van der Waals surface area contributed by atoms with Crippen molar-refractivity contribution in [1.82, 2.24) is 10.2 Å². The lowest BCUT2D eigenvalue weighted by Crippen LogP contribution is -2.48. The van der Waals surface area contributed by atoms with Gasteiger partial charge in [-0.3, -0.25) is 9.59 Å². The van der Waals surface area contributed by atoms with Crippen LogP contribution in [0.15, 0.2) is 53.0 Å². The maximum Gasteiger partial charge on any atom is 0.242 e. The third-order valence-electron chi connectivity index (χ3n) is 4.23. The van der Waals surface area contributed by atoms with E-state index in [0.717, 1.165) is 22.0 Å². The van der Waals surface area contributed by atoms with E-state index in [-0.39, 0.29) is 18.2 Å². The topological polar surface area (TPSA) is 49.4 Å². The van der Waals surface area contributed by atoms with E-state index in [0.29, 0.717) is 18.1 Å². The van der Waals surface area contributed by atoms with Crippen molar-refractivity contribution in [1.29, 1.82) is 0 Å². The van der Waals surface area contributed by atoms with E-state index in [1.165, 1.54) is 0 Å². The normalized spacial score (nSPS) is 11.7. The predicted molar refractivity (Wildman–Crippen MR) is 113 cm³/mol. The lowest BCUT2D eigenvalue weighted by atomic mass is 10.1. The summed E-state index contributed by atoms with van der Waals surface area (Å²) in [6.07, 6.45) is 1.07. The third-order valence-corrected chi connectivity index (χ3v) is 4.97. The number of nitrogens with zero attached hydrogens (tertiary/aromatic N) is 1. The highest BCUT2D eigenvalue weighted by Crippen LogP contribution is 2.17. The van der Waals surface area contributed by atoms with Crippen LogP contribution in [0, 0.1) is 0 Å². The molecular formula is C21H24BrClN2O2. The fraction of sp³-hybridized carbons (Fsp3) is 0.333. The van der Waals surface area contributed by atoms with Gasteiger partial charge >= 0.3 is 0 Å². The molecule has 0 aromatic heterocycles. The van der Waals surface area contributed by atoms with E-state index in [1.54, 1.807) is 24.0 Å². The van der Waals surface area contributed by atoms with E-state index in [2.05, 4.69) is 21.2 Å². The van der Waals surface area contributed by atoms with E-state index in [1.807, 2.05) is 43.3 Å². The fourth-order valence-electron chi connectivity index (χ4n) is 2.69. The first-order chi connectivity index (χ1) is 12.9. The molecule has 27 heavy (non-hydrogen) atoms. The number of carbonyl (C=O) groups excluding carboxylic acids is 2. The van der Waals surface area contributed by atoms with Crippen LogP contribution in [-0.4, -0.2) is 29.3 Å². The Morgan fingerprint density at radius 3 is 2.48 bits per heavy atom. The van der Waals surface area contributed by atoms with Gasteiger partial charge in [-0.05, 0) is 48.7 Å². The van der Waals surface area contributed by atoms with Crippen molar-refractivity contribution < 1.29 is 9.59 Å². The first-order valence-electron chi connectivity index (χ1n) is 8.96. The van der Waals surface area contributed by atoms with E-state index >= 15 is 0 Å². The van der Waals surface area contributed by atoms with Gasteiger partial charge in [0.2, 0.25) is 11.8 Å².